The highest BCUT2D eigenvalue weighted by Gasteiger charge is 2.36. The smallest absolute Gasteiger partial charge is 0.203 e. The second-order valence-electron chi connectivity index (χ2n) is 5.79. The molecule has 0 radical (unpaired) electrons. The van der Waals surface area contributed by atoms with E-state index in [0.717, 1.165) is 36.9 Å². The molecule has 100 valence electrons. The van der Waals surface area contributed by atoms with E-state index < -0.39 is 0 Å². The highest BCUT2D eigenvalue weighted by molar-refractivity contribution is 6.01. The summed E-state index contributed by atoms with van der Waals surface area (Å²) in [5.41, 5.74) is 1.70. The summed E-state index contributed by atoms with van der Waals surface area (Å²) in [4.78, 5) is 12.7. The SMILES string of the molecule is Cc1ccc2oc(C(=O)C3(C)CCNCC3)cc2c1. The molecular formula is C16H19NO2. The van der Waals surface area contributed by atoms with Crippen LogP contribution in [0, 0.1) is 12.3 Å². The van der Waals surface area contributed by atoms with Gasteiger partial charge in [-0.05, 0) is 51.1 Å². The number of fused-ring (bicyclic) bond motifs is 1. The second kappa shape index (κ2) is 4.49. The van der Waals surface area contributed by atoms with Crippen molar-refractivity contribution in [3.63, 3.8) is 0 Å². The van der Waals surface area contributed by atoms with E-state index in [2.05, 4.69) is 18.3 Å². The molecule has 2 heterocycles. The highest BCUT2D eigenvalue weighted by Crippen LogP contribution is 2.34. The Morgan fingerprint density at radius 2 is 2.00 bits per heavy atom. The van der Waals surface area contributed by atoms with E-state index in [9.17, 15) is 4.79 Å². The zero-order valence-electron chi connectivity index (χ0n) is 11.5. The molecule has 1 saturated heterocycles. The van der Waals surface area contributed by atoms with Crippen molar-refractivity contribution in [2.45, 2.75) is 26.7 Å². The van der Waals surface area contributed by atoms with E-state index in [0.29, 0.717) is 5.76 Å². The Bertz CT molecular complexity index is 621. The first-order valence-corrected chi connectivity index (χ1v) is 6.84. The lowest BCUT2D eigenvalue weighted by Crippen LogP contribution is -2.39. The van der Waals surface area contributed by atoms with E-state index in [1.807, 2.05) is 25.1 Å². The van der Waals surface area contributed by atoms with Gasteiger partial charge in [-0.1, -0.05) is 18.6 Å². The van der Waals surface area contributed by atoms with Crippen molar-refractivity contribution in [3.8, 4) is 0 Å². The molecule has 0 unspecified atom stereocenters. The fourth-order valence-corrected chi connectivity index (χ4v) is 2.78. The van der Waals surface area contributed by atoms with Gasteiger partial charge >= 0.3 is 0 Å². The summed E-state index contributed by atoms with van der Waals surface area (Å²) in [5.74, 6) is 0.646. The summed E-state index contributed by atoms with van der Waals surface area (Å²) < 4.78 is 5.73. The number of hydrogen-bond acceptors (Lipinski definition) is 3. The lowest BCUT2D eigenvalue weighted by atomic mass is 9.76. The van der Waals surface area contributed by atoms with Crippen LogP contribution in [0.25, 0.3) is 11.0 Å². The number of hydrogen-bond donors (Lipinski definition) is 1. The van der Waals surface area contributed by atoms with Gasteiger partial charge in [0, 0.05) is 10.8 Å². The van der Waals surface area contributed by atoms with Crippen molar-refractivity contribution in [2.75, 3.05) is 13.1 Å². The maximum Gasteiger partial charge on any atom is 0.203 e. The molecule has 0 atom stereocenters. The van der Waals surface area contributed by atoms with Crippen LogP contribution in [0.1, 0.15) is 35.9 Å². The third kappa shape index (κ3) is 2.19. The van der Waals surface area contributed by atoms with Crippen LogP contribution in [0.3, 0.4) is 0 Å². The molecule has 1 aliphatic rings. The first-order chi connectivity index (χ1) is 9.08. The molecule has 0 saturated carbocycles. The van der Waals surface area contributed by atoms with Crippen molar-refractivity contribution in [1.82, 2.24) is 5.32 Å². The van der Waals surface area contributed by atoms with Crippen LogP contribution in [0.4, 0.5) is 0 Å². The summed E-state index contributed by atoms with van der Waals surface area (Å²) in [6.07, 6.45) is 1.75. The van der Waals surface area contributed by atoms with Crippen molar-refractivity contribution in [2.24, 2.45) is 5.41 Å². The molecular weight excluding hydrogens is 238 g/mol. The predicted molar refractivity (Wildman–Crippen MR) is 75.5 cm³/mol. The van der Waals surface area contributed by atoms with Gasteiger partial charge in [0.1, 0.15) is 5.58 Å². The Labute approximate surface area is 113 Å². The zero-order valence-corrected chi connectivity index (χ0v) is 11.5. The van der Waals surface area contributed by atoms with Gasteiger partial charge in [0.15, 0.2) is 5.76 Å². The molecule has 0 amide bonds. The number of ketones is 1. The largest absolute Gasteiger partial charge is 0.453 e. The fourth-order valence-electron chi connectivity index (χ4n) is 2.78. The first kappa shape index (κ1) is 12.4. The Morgan fingerprint density at radius 3 is 2.74 bits per heavy atom. The van der Waals surface area contributed by atoms with Crippen LogP contribution in [0.5, 0.6) is 0 Å². The molecule has 3 nitrogen and oxygen atoms in total. The minimum absolute atomic E-state index is 0.142. The summed E-state index contributed by atoms with van der Waals surface area (Å²) >= 11 is 0. The van der Waals surface area contributed by atoms with Crippen LogP contribution >= 0.6 is 0 Å². The van der Waals surface area contributed by atoms with Crippen molar-refractivity contribution in [1.29, 1.82) is 0 Å². The average Bonchev–Trinajstić information content (AvgIpc) is 2.81. The van der Waals surface area contributed by atoms with E-state index in [4.69, 9.17) is 4.42 Å². The maximum atomic E-state index is 12.7. The second-order valence-corrected chi connectivity index (χ2v) is 5.79. The molecule has 3 rings (SSSR count). The molecule has 0 bridgehead atoms. The van der Waals surface area contributed by atoms with Crippen LogP contribution in [0.2, 0.25) is 0 Å². The summed E-state index contributed by atoms with van der Waals surface area (Å²) in [5, 5.41) is 4.31. The molecule has 0 spiro atoms. The summed E-state index contributed by atoms with van der Waals surface area (Å²) in [6.45, 7) is 5.90. The van der Waals surface area contributed by atoms with E-state index in [1.165, 1.54) is 5.56 Å². The van der Waals surface area contributed by atoms with Crippen LogP contribution < -0.4 is 5.32 Å². The number of carbonyl (C=O) groups is 1. The maximum absolute atomic E-state index is 12.7. The van der Waals surface area contributed by atoms with E-state index in [1.54, 1.807) is 0 Å². The predicted octanol–water partition coefficient (Wildman–Crippen LogP) is 3.31. The van der Waals surface area contributed by atoms with Gasteiger partial charge in [0.2, 0.25) is 5.78 Å². The summed E-state index contributed by atoms with van der Waals surface area (Å²) in [7, 11) is 0. The van der Waals surface area contributed by atoms with Gasteiger partial charge in [-0.15, -0.1) is 0 Å². The monoisotopic (exact) mass is 257 g/mol. The number of carbonyl (C=O) groups excluding carboxylic acids is 1. The highest BCUT2D eigenvalue weighted by atomic mass is 16.3. The number of furan rings is 1. The average molecular weight is 257 g/mol. The van der Waals surface area contributed by atoms with Gasteiger partial charge in [-0.3, -0.25) is 4.79 Å². The Kier molecular flexibility index (Phi) is 2.94. The zero-order chi connectivity index (χ0) is 13.5. The molecule has 0 aliphatic carbocycles. The number of rotatable bonds is 2. The fraction of sp³-hybridized carbons (Fsp3) is 0.438. The molecule has 3 heteroatoms. The van der Waals surface area contributed by atoms with Crippen molar-refractivity contribution >= 4 is 16.8 Å². The molecule has 1 aromatic heterocycles. The topological polar surface area (TPSA) is 42.2 Å². The summed E-state index contributed by atoms with van der Waals surface area (Å²) in [6, 6.07) is 7.89. The van der Waals surface area contributed by atoms with E-state index in [-0.39, 0.29) is 11.2 Å². The lowest BCUT2D eigenvalue weighted by molar-refractivity contribution is 0.0734. The van der Waals surface area contributed by atoms with Gasteiger partial charge in [0.05, 0.1) is 0 Å². The van der Waals surface area contributed by atoms with Gasteiger partial charge in [-0.25, -0.2) is 0 Å². The minimum atomic E-state index is -0.284. The standard InChI is InChI=1S/C16H19NO2/c1-11-3-4-13-12(9-11)10-14(19-13)15(18)16(2)5-7-17-8-6-16/h3-4,9-10,17H,5-8H2,1-2H3. The first-order valence-electron chi connectivity index (χ1n) is 6.84. The van der Waals surface area contributed by atoms with Gasteiger partial charge in [0.25, 0.3) is 0 Å². The van der Waals surface area contributed by atoms with E-state index >= 15 is 0 Å². The van der Waals surface area contributed by atoms with Gasteiger partial charge in [-0.2, -0.15) is 0 Å². The number of aryl methyl sites for hydroxylation is 1. The van der Waals surface area contributed by atoms with Crippen LogP contribution in [-0.2, 0) is 0 Å². The normalized spacial score (nSPS) is 18.6. The molecule has 1 fully saturated rings. The lowest BCUT2D eigenvalue weighted by Gasteiger charge is -2.31. The number of benzene rings is 1. The van der Waals surface area contributed by atoms with Crippen LogP contribution in [0.15, 0.2) is 28.7 Å². The minimum Gasteiger partial charge on any atom is -0.453 e. The molecule has 1 aliphatic heterocycles. The molecule has 19 heavy (non-hydrogen) atoms. The Hall–Kier alpha value is -1.61. The van der Waals surface area contributed by atoms with Gasteiger partial charge < -0.3 is 9.73 Å². The van der Waals surface area contributed by atoms with Crippen molar-refractivity contribution < 1.29 is 9.21 Å². The van der Waals surface area contributed by atoms with Crippen LogP contribution in [-0.4, -0.2) is 18.9 Å². The molecule has 2 aromatic rings. The number of piperidine rings is 1. The Balaban J connectivity index is 1.97. The third-order valence-electron chi connectivity index (χ3n) is 4.15. The number of Topliss-reactive ketones (excluding diaryl/α,β-unsaturated/α-hetero) is 1. The van der Waals surface area contributed by atoms with Crippen molar-refractivity contribution in [3.05, 3.63) is 35.6 Å². The molecule has 1 aromatic carbocycles. The third-order valence-corrected chi connectivity index (χ3v) is 4.15. The number of nitrogens with one attached hydrogen (secondary N) is 1. The quantitative estimate of drug-likeness (QED) is 0.839. The Morgan fingerprint density at radius 1 is 1.26 bits per heavy atom. The molecule has 1 N–H and O–H groups in total.